The summed E-state index contributed by atoms with van der Waals surface area (Å²) in [5.74, 6) is -0.0213. The Morgan fingerprint density at radius 1 is 1.15 bits per heavy atom. The van der Waals surface area contributed by atoms with Crippen molar-refractivity contribution in [3.8, 4) is 17.1 Å². The molecule has 20 heavy (non-hydrogen) atoms. The molecule has 0 bridgehead atoms. The van der Waals surface area contributed by atoms with Crippen LogP contribution in [0.4, 0.5) is 13.2 Å². The fourth-order valence-corrected chi connectivity index (χ4v) is 2.49. The third kappa shape index (κ3) is 2.24. The molecule has 1 aliphatic heterocycles. The zero-order valence-corrected chi connectivity index (χ0v) is 10.6. The molecule has 2 heterocycles. The average molecular weight is 300 g/mol. The number of aromatic nitrogens is 3. The van der Waals surface area contributed by atoms with Gasteiger partial charge < -0.3 is 5.11 Å². The summed E-state index contributed by atoms with van der Waals surface area (Å²) < 4.78 is 39.2. The summed E-state index contributed by atoms with van der Waals surface area (Å²) in [6.07, 6.45) is -4.47. The first-order valence-electron chi connectivity index (χ1n) is 5.48. The first kappa shape index (κ1) is 13.0. The van der Waals surface area contributed by atoms with Crippen LogP contribution in [-0.4, -0.2) is 37.6 Å². The van der Waals surface area contributed by atoms with E-state index in [1.807, 2.05) is 0 Å². The van der Waals surface area contributed by atoms with Crippen LogP contribution in [-0.2, 0) is 0 Å². The number of phenolic OH excluding ortho intramolecular Hbond substituents is 1. The second-order valence-electron chi connectivity index (χ2n) is 4.00. The summed E-state index contributed by atoms with van der Waals surface area (Å²) in [6.45, 7) is 0. The second kappa shape index (κ2) is 4.51. The molecular weight excluding hydrogens is 293 g/mol. The number of alkyl halides is 3. The van der Waals surface area contributed by atoms with Gasteiger partial charge in [0, 0.05) is 5.56 Å². The summed E-state index contributed by atoms with van der Waals surface area (Å²) >= 11 is 0.932. The minimum absolute atomic E-state index is 0.0565. The van der Waals surface area contributed by atoms with E-state index >= 15 is 0 Å². The Bertz CT molecular complexity index is 678. The van der Waals surface area contributed by atoms with Gasteiger partial charge in [0.2, 0.25) is 5.16 Å². The molecule has 104 valence electrons. The highest BCUT2D eigenvalue weighted by atomic mass is 32.2. The molecule has 0 saturated heterocycles. The summed E-state index contributed by atoms with van der Waals surface area (Å²) in [6, 6.07) is 5.91. The van der Waals surface area contributed by atoms with Gasteiger partial charge in [0.25, 0.3) is 0 Å². The van der Waals surface area contributed by atoms with Crippen LogP contribution in [0.2, 0.25) is 0 Å². The van der Waals surface area contributed by atoms with E-state index in [2.05, 4.69) is 15.3 Å². The fraction of sp³-hybridized carbons (Fsp3) is 0.182. The van der Waals surface area contributed by atoms with E-state index in [4.69, 9.17) is 0 Å². The van der Waals surface area contributed by atoms with Gasteiger partial charge in [-0.3, -0.25) is 0 Å². The number of thioether (sulfide) groups is 1. The number of fused-ring (bicyclic) bond motifs is 1. The number of phenols is 1. The molecule has 1 N–H and O–H groups in total. The Morgan fingerprint density at radius 3 is 2.50 bits per heavy atom. The number of aromatic hydroxyl groups is 1. The lowest BCUT2D eigenvalue weighted by molar-refractivity contribution is -0.0595. The van der Waals surface area contributed by atoms with Gasteiger partial charge in [-0.2, -0.15) is 22.9 Å². The molecule has 2 aromatic rings. The van der Waals surface area contributed by atoms with E-state index in [0.717, 1.165) is 16.4 Å². The number of benzene rings is 1. The zero-order chi connectivity index (χ0) is 14.3. The Morgan fingerprint density at radius 2 is 1.85 bits per heavy atom. The molecule has 0 radical (unpaired) electrons. The highest BCUT2D eigenvalue weighted by Crippen LogP contribution is 2.31. The quantitative estimate of drug-likeness (QED) is 0.879. The van der Waals surface area contributed by atoms with Gasteiger partial charge in [0.15, 0.2) is 11.5 Å². The number of rotatable bonds is 1. The van der Waals surface area contributed by atoms with Gasteiger partial charge in [-0.1, -0.05) is 11.8 Å². The van der Waals surface area contributed by atoms with Gasteiger partial charge in [0.1, 0.15) is 5.75 Å². The van der Waals surface area contributed by atoms with Crippen molar-refractivity contribution in [1.82, 2.24) is 14.9 Å². The monoisotopic (exact) mass is 300 g/mol. The summed E-state index contributed by atoms with van der Waals surface area (Å²) in [4.78, 5) is 0. The number of hydrogen-bond donors (Lipinski definition) is 1. The van der Waals surface area contributed by atoms with Crippen molar-refractivity contribution in [3.05, 3.63) is 24.3 Å². The van der Waals surface area contributed by atoms with Crippen LogP contribution in [0.1, 0.15) is 0 Å². The van der Waals surface area contributed by atoms with Gasteiger partial charge in [-0.05, 0) is 24.3 Å². The van der Waals surface area contributed by atoms with Crippen molar-refractivity contribution in [1.29, 1.82) is 0 Å². The summed E-state index contributed by atoms with van der Waals surface area (Å²) in [5.41, 5.74) is -0.357. The molecule has 0 aliphatic carbocycles. The molecular formula is C11H7F3N4OS. The third-order valence-electron chi connectivity index (χ3n) is 2.62. The van der Waals surface area contributed by atoms with Gasteiger partial charge in [0.05, 0.1) is 5.75 Å². The van der Waals surface area contributed by atoms with E-state index < -0.39 is 11.9 Å². The van der Waals surface area contributed by atoms with Crippen molar-refractivity contribution in [2.45, 2.75) is 11.3 Å². The van der Waals surface area contributed by atoms with Crippen LogP contribution in [0.5, 0.6) is 5.75 Å². The molecule has 0 spiro atoms. The van der Waals surface area contributed by atoms with Crippen LogP contribution < -0.4 is 0 Å². The van der Waals surface area contributed by atoms with Crippen molar-refractivity contribution in [2.75, 3.05) is 5.75 Å². The molecule has 9 heteroatoms. The van der Waals surface area contributed by atoms with Crippen molar-refractivity contribution in [3.63, 3.8) is 0 Å². The molecule has 0 fully saturated rings. The molecule has 5 nitrogen and oxygen atoms in total. The smallest absolute Gasteiger partial charge is 0.432 e. The van der Waals surface area contributed by atoms with Crippen LogP contribution >= 0.6 is 11.8 Å². The third-order valence-corrected chi connectivity index (χ3v) is 3.55. The predicted octanol–water partition coefficient (Wildman–Crippen LogP) is 2.52. The van der Waals surface area contributed by atoms with Crippen LogP contribution in [0.25, 0.3) is 11.4 Å². The molecule has 0 atom stereocenters. The lowest BCUT2D eigenvalue weighted by Crippen LogP contribution is -2.28. The maximum atomic E-state index is 12.7. The van der Waals surface area contributed by atoms with Crippen LogP contribution in [0.15, 0.2) is 34.5 Å². The van der Waals surface area contributed by atoms with Gasteiger partial charge in [-0.15, -0.1) is 10.2 Å². The molecule has 0 saturated carbocycles. The minimum Gasteiger partial charge on any atom is -0.508 e. The van der Waals surface area contributed by atoms with E-state index in [-0.39, 0.29) is 17.3 Å². The highest BCUT2D eigenvalue weighted by Gasteiger charge is 2.38. The van der Waals surface area contributed by atoms with Gasteiger partial charge >= 0.3 is 6.18 Å². The van der Waals surface area contributed by atoms with E-state index in [0.29, 0.717) is 10.7 Å². The SMILES string of the molecule is Oc1ccc(-c2nnc3n2N=C(C(F)(F)F)CS3)cc1. The predicted molar refractivity (Wildman–Crippen MR) is 66.7 cm³/mol. The summed E-state index contributed by atoms with van der Waals surface area (Å²) in [5, 5.41) is 20.8. The molecule has 1 aliphatic rings. The van der Waals surface area contributed by atoms with Gasteiger partial charge in [-0.25, -0.2) is 0 Å². The molecule has 3 rings (SSSR count). The lowest BCUT2D eigenvalue weighted by Gasteiger charge is -2.15. The first-order chi connectivity index (χ1) is 9.45. The van der Waals surface area contributed by atoms with Crippen molar-refractivity contribution < 1.29 is 18.3 Å². The Labute approximate surface area is 115 Å². The summed E-state index contributed by atoms with van der Waals surface area (Å²) in [7, 11) is 0. The number of hydrogen-bond acceptors (Lipinski definition) is 5. The zero-order valence-electron chi connectivity index (χ0n) is 9.79. The maximum Gasteiger partial charge on any atom is 0.432 e. The number of halogens is 3. The van der Waals surface area contributed by atoms with Crippen LogP contribution in [0.3, 0.4) is 0 Å². The first-order valence-corrected chi connectivity index (χ1v) is 6.46. The Balaban J connectivity index is 2.08. The van der Waals surface area contributed by atoms with Crippen molar-refractivity contribution >= 4 is 17.5 Å². The normalized spacial score (nSPS) is 14.8. The highest BCUT2D eigenvalue weighted by molar-refractivity contribution is 7.99. The second-order valence-corrected chi connectivity index (χ2v) is 4.94. The molecule has 1 aromatic heterocycles. The van der Waals surface area contributed by atoms with Crippen molar-refractivity contribution in [2.24, 2.45) is 5.10 Å². The van der Waals surface area contributed by atoms with E-state index in [1.54, 1.807) is 0 Å². The molecule has 1 aromatic carbocycles. The Kier molecular flexibility index (Phi) is 2.93. The van der Waals surface area contributed by atoms with E-state index in [1.165, 1.54) is 24.3 Å². The fourth-order valence-electron chi connectivity index (χ4n) is 1.66. The number of nitrogens with zero attached hydrogens (tertiary/aromatic N) is 4. The van der Waals surface area contributed by atoms with Crippen LogP contribution in [0, 0.1) is 0 Å². The maximum absolute atomic E-state index is 12.7. The minimum atomic E-state index is -4.47. The molecule has 0 amide bonds. The lowest BCUT2D eigenvalue weighted by atomic mass is 10.2. The van der Waals surface area contributed by atoms with E-state index in [9.17, 15) is 18.3 Å². The average Bonchev–Trinajstić information content (AvgIpc) is 2.81. The topological polar surface area (TPSA) is 63.3 Å². The standard InChI is InChI=1S/C11H7F3N4OS/c12-11(13,14)8-5-20-10-16-15-9(18(10)17-8)6-1-3-7(19)4-2-6/h1-4,19H,5H2. The Hall–Kier alpha value is -2.03. The largest absolute Gasteiger partial charge is 0.508 e. The molecule has 0 unspecified atom stereocenters.